The molecule has 1 heterocycles. The Labute approximate surface area is 93.2 Å². The molecule has 0 fully saturated rings. The molecule has 1 aliphatic carbocycles. The molecule has 0 spiro atoms. The maximum Gasteiger partial charge on any atom is 0.339 e. The SMILES string of the molecule is Cc1cc2ccc3c(c2oc1=O)C=CCC3. The summed E-state index contributed by atoms with van der Waals surface area (Å²) in [6, 6.07) is 6.05. The van der Waals surface area contributed by atoms with Crippen LogP contribution in [0.4, 0.5) is 0 Å². The van der Waals surface area contributed by atoms with Gasteiger partial charge in [0.15, 0.2) is 0 Å². The highest BCUT2D eigenvalue weighted by molar-refractivity contribution is 5.87. The lowest BCUT2D eigenvalue weighted by Crippen LogP contribution is -2.04. The van der Waals surface area contributed by atoms with Crippen molar-refractivity contribution in [2.45, 2.75) is 19.8 Å². The zero-order valence-electron chi connectivity index (χ0n) is 9.12. The van der Waals surface area contributed by atoms with Crippen molar-refractivity contribution >= 4 is 17.0 Å². The summed E-state index contributed by atoms with van der Waals surface area (Å²) in [5.74, 6) is 0. The topological polar surface area (TPSA) is 30.2 Å². The lowest BCUT2D eigenvalue weighted by atomic mass is 9.95. The quantitative estimate of drug-likeness (QED) is 0.628. The molecule has 0 atom stereocenters. The molecule has 0 saturated carbocycles. The Hall–Kier alpha value is -1.83. The summed E-state index contributed by atoms with van der Waals surface area (Å²) in [5, 5.41) is 1.00. The van der Waals surface area contributed by atoms with E-state index in [2.05, 4.69) is 18.2 Å². The fraction of sp³-hybridized carbons (Fsp3) is 0.214. The molecule has 1 aromatic heterocycles. The molecule has 0 amide bonds. The van der Waals surface area contributed by atoms with Crippen molar-refractivity contribution in [1.29, 1.82) is 0 Å². The summed E-state index contributed by atoms with van der Waals surface area (Å²) < 4.78 is 5.38. The smallest absolute Gasteiger partial charge is 0.339 e. The van der Waals surface area contributed by atoms with E-state index >= 15 is 0 Å². The Balaban J connectivity index is 2.45. The lowest BCUT2D eigenvalue weighted by Gasteiger charge is -2.11. The van der Waals surface area contributed by atoms with Crippen LogP contribution in [-0.4, -0.2) is 0 Å². The third-order valence-corrected chi connectivity index (χ3v) is 3.07. The first-order chi connectivity index (χ1) is 7.75. The summed E-state index contributed by atoms with van der Waals surface area (Å²) in [7, 11) is 0. The fourth-order valence-corrected chi connectivity index (χ4v) is 2.19. The first-order valence-electron chi connectivity index (χ1n) is 5.48. The molecule has 16 heavy (non-hydrogen) atoms. The van der Waals surface area contributed by atoms with E-state index in [0.717, 1.165) is 29.4 Å². The predicted octanol–water partition coefficient (Wildman–Crippen LogP) is 3.06. The highest BCUT2D eigenvalue weighted by Gasteiger charge is 2.11. The van der Waals surface area contributed by atoms with E-state index in [1.165, 1.54) is 5.56 Å². The second-order valence-corrected chi connectivity index (χ2v) is 4.21. The number of hydrogen-bond donors (Lipinski definition) is 0. The maximum absolute atomic E-state index is 11.5. The summed E-state index contributed by atoms with van der Waals surface area (Å²) in [6.45, 7) is 1.78. The predicted molar refractivity (Wildman–Crippen MR) is 64.6 cm³/mol. The highest BCUT2D eigenvalue weighted by atomic mass is 16.4. The summed E-state index contributed by atoms with van der Waals surface area (Å²) in [6.07, 6.45) is 6.27. The Morgan fingerprint density at radius 3 is 3.06 bits per heavy atom. The van der Waals surface area contributed by atoms with E-state index in [0.29, 0.717) is 5.56 Å². The van der Waals surface area contributed by atoms with E-state index in [-0.39, 0.29) is 5.63 Å². The van der Waals surface area contributed by atoms with Gasteiger partial charge in [0.1, 0.15) is 5.58 Å². The molecule has 0 radical (unpaired) electrons. The second kappa shape index (κ2) is 3.34. The minimum atomic E-state index is -0.236. The number of aryl methyl sites for hydroxylation is 2. The van der Waals surface area contributed by atoms with Gasteiger partial charge < -0.3 is 4.42 Å². The molecule has 1 aromatic carbocycles. The molecule has 2 aromatic rings. The van der Waals surface area contributed by atoms with Crippen LogP contribution in [-0.2, 0) is 6.42 Å². The Bertz CT molecular complexity index is 648. The van der Waals surface area contributed by atoms with Gasteiger partial charge in [-0.15, -0.1) is 0 Å². The van der Waals surface area contributed by atoms with E-state index in [9.17, 15) is 4.79 Å². The van der Waals surface area contributed by atoms with Crippen molar-refractivity contribution in [3.8, 4) is 0 Å². The van der Waals surface area contributed by atoms with Gasteiger partial charge in [-0.05, 0) is 31.4 Å². The van der Waals surface area contributed by atoms with Crippen molar-refractivity contribution in [3.63, 3.8) is 0 Å². The third kappa shape index (κ3) is 1.30. The summed E-state index contributed by atoms with van der Waals surface area (Å²) in [5.41, 5.74) is 3.49. The number of rotatable bonds is 0. The molecule has 80 valence electrons. The molecule has 3 rings (SSSR count). The lowest BCUT2D eigenvalue weighted by molar-refractivity contribution is 0.554. The van der Waals surface area contributed by atoms with Gasteiger partial charge in [0.2, 0.25) is 0 Å². The van der Waals surface area contributed by atoms with Gasteiger partial charge in [-0.25, -0.2) is 4.79 Å². The van der Waals surface area contributed by atoms with Gasteiger partial charge >= 0.3 is 5.63 Å². The minimum Gasteiger partial charge on any atom is -0.422 e. The fourth-order valence-electron chi connectivity index (χ4n) is 2.19. The number of fused-ring (bicyclic) bond motifs is 3. The van der Waals surface area contributed by atoms with Gasteiger partial charge in [-0.3, -0.25) is 0 Å². The van der Waals surface area contributed by atoms with Gasteiger partial charge in [-0.1, -0.05) is 24.3 Å². The number of allylic oxidation sites excluding steroid dienone is 1. The number of hydrogen-bond acceptors (Lipinski definition) is 2. The van der Waals surface area contributed by atoms with Crippen LogP contribution in [0.3, 0.4) is 0 Å². The first kappa shape index (κ1) is 9.40. The Kier molecular flexibility index (Phi) is 1.96. The molecule has 0 aliphatic heterocycles. The molecule has 0 N–H and O–H groups in total. The summed E-state index contributed by atoms with van der Waals surface area (Å²) in [4.78, 5) is 11.5. The number of benzene rings is 1. The van der Waals surface area contributed by atoms with Crippen LogP contribution in [0.2, 0.25) is 0 Å². The van der Waals surface area contributed by atoms with Crippen molar-refractivity contribution in [1.82, 2.24) is 0 Å². The molecule has 0 unspecified atom stereocenters. The van der Waals surface area contributed by atoms with Crippen LogP contribution in [0, 0.1) is 6.92 Å². The Morgan fingerprint density at radius 2 is 2.19 bits per heavy atom. The normalized spacial score (nSPS) is 14.1. The van der Waals surface area contributed by atoms with E-state index in [1.54, 1.807) is 6.92 Å². The standard InChI is InChI=1S/C14H12O2/c1-9-8-11-7-6-10-4-2-3-5-12(10)13(11)16-14(9)15/h3,5-8H,2,4H2,1H3. The average molecular weight is 212 g/mol. The molecular formula is C14H12O2. The molecule has 2 nitrogen and oxygen atoms in total. The van der Waals surface area contributed by atoms with Crippen LogP contribution < -0.4 is 5.63 Å². The van der Waals surface area contributed by atoms with Crippen molar-refractivity contribution < 1.29 is 4.42 Å². The van der Waals surface area contributed by atoms with Crippen molar-refractivity contribution in [3.05, 3.63) is 51.4 Å². The van der Waals surface area contributed by atoms with Crippen LogP contribution in [0.15, 0.2) is 33.5 Å². The van der Waals surface area contributed by atoms with Gasteiger partial charge in [0.05, 0.1) is 0 Å². The Morgan fingerprint density at radius 1 is 1.31 bits per heavy atom. The summed E-state index contributed by atoms with van der Waals surface area (Å²) >= 11 is 0. The van der Waals surface area contributed by atoms with Crippen LogP contribution in [0.1, 0.15) is 23.1 Å². The molecule has 0 bridgehead atoms. The average Bonchev–Trinajstić information content (AvgIpc) is 2.31. The third-order valence-electron chi connectivity index (χ3n) is 3.07. The first-order valence-corrected chi connectivity index (χ1v) is 5.48. The maximum atomic E-state index is 11.5. The van der Waals surface area contributed by atoms with Gasteiger partial charge in [0.25, 0.3) is 0 Å². The molecule has 0 saturated heterocycles. The van der Waals surface area contributed by atoms with Crippen molar-refractivity contribution in [2.75, 3.05) is 0 Å². The minimum absolute atomic E-state index is 0.236. The van der Waals surface area contributed by atoms with E-state index in [4.69, 9.17) is 4.42 Å². The van der Waals surface area contributed by atoms with Gasteiger partial charge in [-0.2, -0.15) is 0 Å². The highest BCUT2D eigenvalue weighted by Crippen LogP contribution is 2.27. The van der Waals surface area contributed by atoms with Crippen LogP contribution in [0.25, 0.3) is 17.0 Å². The second-order valence-electron chi connectivity index (χ2n) is 4.21. The van der Waals surface area contributed by atoms with Crippen LogP contribution in [0.5, 0.6) is 0 Å². The zero-order chi connectivity index (χ0) is 11.1. The van der Waals surface area contributed by atoms with E-state index in [1.807, 2.05) is 12.1 Å². The molecule has 2 heteroatoms. The molecular weight excluding hydrogens is 200 g/mol. The van der Waals surface area contributed by atoms with Gasteiger partial charge in [0, 0.05) is 16.5 Å². The van der Waals surface area contributed by atoms with Crippen LogP contribution >= 0.6 is 0 Å². The monoisotopic (exact) mass is 212 g/mol. The zero-order valence-corrected chi connectivity index (χ0v) is 9.12. The van der Waals surface area contributed by atoms with E-state index < -0.39 is 0 Å². The van der Waals surface area contributed by atoms with Crippen molar-refractivity contribution in [2.24, 2.45) is 0 Å². The molecule has 1 aliphatic rings. The largest absolute Gasteiger partial charge is 0.422 e.